The summed E-state index contributed by atoms with van der Waals surface area (Å²) >= 11 is 0. The molecule has 0 bridgehead atoms. The minimum absolute atomic E-state index is 0.00428. The molecule has 2 rings (SSSR count). The van der Waals surface area contributed by atoms with Gasteiger partial charge in [0.1, 0.15) is 0 Å². The highest BCUT2D eigenvalue weighted by Crippen LogP contribution is 2.39. The molecule has 0 aromatic carbocycles. The molecular weight excluding hydrogens is 204 g/mol. The molecule has 3 unspecified atom stereocenters. The Labute approximate surface area is 96.9 Å². The Hall–Kier alpha value is -0.610. The van der Waals surface area contributed by atoms with Crippen molar-refractivity contribution in [2.75, 3.05) is 13.2 Å². The second-order valence-corrected chi connectivity index (χ2v) is 5.36. The van der Waals surface area contributed by atoms with Crippen LogP contribution in [0.1, 0.15) is 33.1 Å². The van der Waals surface area contributed by atoms with Crippen molar-refractivity contribution in [3.8, 4) is 0 Å². The van der Waals surface area contributed by atoms with Gasteiger partial charge in [-0.3, -0.25) is 4.79 Å². The molecule has 3 atom stereocenters. The number of amides is 1. The monoisotopic (exact) mass is 226 g/mol. The first kappa shape index (κ1) is 11.9. The summed E-state index contributed by atoms with van der Waals surface area (Å²) < 4.78 is 5.42. The number of carbonyl (C=O) groups excluding carboxylic acids is 1. The Balaban J connectivity index is 1.94. The normalized spacial score (nSPS) is 33.4. The molecule has 92 valence electrons. The van der Waals surface area contributed by atoms with Gasteiger partial charge in [-0.2, -0.15) is 0 Å². The number of ether oxygens (including phenoxy) is 1. The van der Waals surface area contributed by atoms with Crippen molar-refractivity contribution >= 4 is 5.91 Å². The first-order valence-electron chi connectivity index (χ1n) is 6.20. The predicted molar refractivity (Wildman–Crippen MR) is 61.8 cm³/mol. The quantitative estimate of drug-likeness (QED) is 0.740. The maximum absolute atomic E-state index is 12.1. The summed E-state index contributed by atoms with van der Waals surface area (Å²) in [7, 11) is 0. The second kappa shape index (κ2) is 4.34. The van der Waals surface area contributed by atoms with E-state index in [1.54, 1.807) is 0 Å². The van der Waals surface area contributed by atoms with Gasteiger partial charge in [0.25, 0.3) is 0 Å². The minimum Gasteiger partial charge on any atom is -0.378 e. The summed E-state index contributed by atoms with van der Waals surface area (Å²) in [5.74, 6) is 0.688. The molecule has 3 N–H and O–H groups in total. The molecule has 2 fully saturated rings. The summed E-state index contributed by atoms with van der Waals surface area (Å²) in [6.07, 6.45) is 3.24. The lowest BCUT2D eigenvalue weighted by molar-refractivity contribution is -0.128. The fourth-order valence-corrected chi connectivity index (χ4v) is 2.49. The zero-order valence-electron chi connectivity index (χ0n) is 10.2. The lowest BCUT2D eigenvalue weighted by Gasteiger charge is -2.31. The molecule has 1 heterocycles. The number of rotatable bonds is 4. The highest BCUT2D eigenvalue weighted by molar-refractivity contribution is 5.80. The Bertz CT molecular complexity index is 278. The molecule has 1 aliphatic carbocycles. The topological polar surface area (TPSA) is 64.3 Å². The van der Waals surface area contributed by atoms with Gasteiger partial charge in [-0.1, -0.05) is 0 Å². The van der Waals surface area contributed by atoms with Gasteiger partial charge in [-0.05, 0) is 39.0 Å². The largest absolute Gasteiger partial charge is 0.378 e. The zero-order valence-corrected chi connectivity index (χ0v) is 10.2. The fourth-order valence-electron chi connectivity index (χ4n) is 2.49. The van der Waals surface area contributed by atoms with Crippen molar-refractivity contribution in [1.29, 1.82) is 0 Å². The van der Waals surface area contributed by atoms with E-state index in [2.05, 4.69) is 12.2 Å². The highest BCUT2D eigenvalue weighted by atomic mass is 16.5. The predicted octanol–water partition coefficient (Wildman–Crippen LogP) is 0.655. The third kappa shape index (κ3) is 2.23. The molecule has 1 aliphatic heterocycles. The van der Waals surface area contributed by atoms with Crippen LogP contribution in [0.5, 0.6) is 0 Å². The number of hydrogen-bond acceptors (Lipinski definition) is 3. The molecule has 2 aliphatic rings. The van der Waals surface area contributed by atoms with E-state index in [9.17, 15) is 4.79 Å². The van der Waals surface area contributed by atoms with Crippen LogP contribution in [0.15, 0.2) is 0 Å². The summed E-state index contributed by atoms with van der Waals surface area (Å²) in [5.41, 5.74) is 5.57. The van der Waals surface area contributed by atoms with Crippen LogP contribution >= 0.6 is 0 Å². The van der Waals surface area contributed by atoms with E-state index >= 15 is 0 Å². The van der Waals surface area contributed by atoms with E-state index in [4.69, 9.17) is 10.5 Å². The van der Waals surface area contributed by atoms with E-state index in [1.807, 2.05) is 6.92 Å². The van der Waals surface area contributed by atoms with Gasteiger partial charge in [0.15, 0.2) is 0 Å². The molecule has 0 spiro atoms. The van der Waals surface area contributed by atoms with Gasteiger partial charge in [0, 0.05) is 13.2 Å². The van der Waals surface area contributed by atoms with Gasteiger partial charge in [0.2, 0.25) is 5.91 Å². The smallest absolute Gasteiger partial charge is 0.226 e. The third-order valence-corrected chi connectivity index (χ3v) is 4.02. The summed E-state index contributed by atoms with van der Waals surface area (Å²) in [6.45, 7) is 5.24. The molecule has 4 nitrogen and oxygen atoms in total. The first-order chi connectivity index (χ1) is 7.57. The molecule has 4 heteroatoms. The van der Waals surface area contributed by atoms with E-state index in [0.717, 1.165) is 6.42 Å². The van der Waals surface area contributed by atoms with E-state index in [-0.39, 0.29) is 23.5 Å². The van der Waals surface area contributed by atoms with E-state index < -0.39 is 0 Å². The van der Waals surface area contributed by atoms with Crippen molar-refractivity contribution in [2.45, 2.75) is 44.8 Å². The van der Waals surface area contributed by atoms with Crippen molar-refractivity contribution < 1.29 is 9.53 Å². The van der Waals surface area contributed by atoms with Crippen LogP contribution in [-0.4, -0.2) is 30.7 Å². The number of carbonyl (C=O) groups is 1. The van der Waals surface area contributed by atoms with E-state index in [0.29, 0.717) is 19.1 Å². The van der Waals surface area contributed by atoms with Gasteiger partial charge < -0.3 is 15.8 Å². The van der Waals surface area contributed by atoms with Crippen molar-refractivity contribution in [2.24, 2.45) is 17.6 Å². The van der Waals surface area contributed by atoms with E-state index in [1.165, 1.54) is 12.8 Å². The Morgan fingerprint density at radius 2 is 2.19 bits per heavy atom. The summed E-state index contributed by atoms with van der Waals surface area (Å²) in [5, 5.41) is 3.13. The fraction of sp³-hybridized carbons (Fsp3) is 0.917. The minimum atomic E-state index is -0.209. The van der Waals surface area contributed by atoms with Gasteiger partial charge in [0.05, 0.1) is 17.6 Å². The van der Waals surface area contributed by atoms with Crippen LogP contribution in [0.4, 0.5) is 0 Å². The average Bonchev–Trinajstić information content (AvgIpc) is 3.02. The third-order valence-electron chi connectivity index (χ3n) is 4.02. The Morgan fingerprint density at radius 3 is 2.62 bits per heavy atom. The average molecular weight is 226 g/mol. The first-order valence-corrected chi connectivity index (χ1v) is 6.20. The number of nitrogens with one attached hydrogen (secondary N) is 1. The SMILES string of the molecule is CC1OCCC1C(=O)NC(C)(CN)C1CC1. The number of nitrogens with two attached hydrogens (primary N) is 1. The molecule has 1 saturated heterocycles. The van der Waals surface area contributed by atoms with Crippen LogP contribution in [0.25, 0.3) is 0 Å². The molecule has 0 aromatic heterocycles. The van der Waals surface area contributed by atoms with Crippen molar-refractivity contribution in [1.82, 2.24) is 5.32 Å². The summed E-state index contributed by atoms with van der Waals surface area (Å²) in [6, 6.07) is 0. The number of hydrogen-bond donors (Lipinski definition) is 2. The zero-order chi connectivity index (χ0) is 11.8. The molecule has 1 amide bonds. The standard InChI is InChI=1S/C12H22N2O2/c1-8-10(5-6-16-8)11(15)14-12(2,7-13)9-3-4-9/h8-10H,3-7,13H2,1-2H3,(H,14,15). The highest BCUT2D eigenvalue weighted by Gasteiger charge is 2.43. The van der Waals surface area contributed by atoms with Gasteiger partial charge in [-0.25, -0.2) is 0 Å². The molecular formula is C12H22N2O2. The molecule has 16 heavy (non-hydrogen) atoms. The van der Waals surface area contributed by atoms with Crippen LogP contribution < -0.4 is 11.1 Å². The second-order valence-electron chi connectivity index (χ2n) is 5.36. The van der Waals surface area contributed by atoms with Gasteiger partial charge in [-0.15, -0.1) is 0 Å². The maximum atomic E-state index is 12.1. The van der Waals surface area contributed by atoms with Crippen molar-refractivity contribution in [3.63, 3.8) is 0 Å². The molecule has 1 saturated carbocycles. The van der Waals surface area contributed by atoms with Crippen LogP contribution in [0.3, 0.4) is 0 Å². The van der Waals surface area contributed by atoms with Crippen LogP contribution in [0.2, 0.25) is 0 Å². The Morgan fingerprint density at radius 1 is 1.50 bits per heavy atom. The summed E-state index contributed by atoms with van der Waals surface area (Å²) in [4.78, 5) is 12.1. The molecule has 0 radical (unpaired) electrons. The van der Waals surface area contributed by atoms with Crippen LogP contribution in [0, 0.1) is 11.8 Å². The van der Waals surface area contributed by atoms with Crippen LogP contribution in [-0.2, 0) is 9.53 Å². The lowest BCUT2D eigenvalue weighted by atomic mass is 9.93. The molecule has 0 aromatic rings. The lowest BCUT2D eigenvalue weighted by Crippen LogP contribution is -2.55. The van der Waals surface area contributed by atoms with Gasteiger partial charge >= 0.3 is 0 Å². The Kier molecular flexibility index (Phi) is 3.22. The van der Waals surface area contributed by atoms with Crippen molar-refractivity contribution in [3.05, 3.63) is 0 Å². The maximum Gasteiger partial charge on any atom is 0.226 e.